The molecule has 0 bridgehead atoms. The van der Waals surface area contributed by atoms with Gasteiger partial charge in [0.05, 0.1) is 13.2 Å². The molecule has 0 aliphatic carbocycles. The number of hydrogen-bond donors (Lipinski definition) is 1. The fourth-order valence-corrected chi connectivity index (χ4v) is 1.67. The van der Waals surface area contributed by atoms with E-state index >= 15 is 0 Å². The molecule has 92 valence electrons. The molecule has 0 spiro atoms. The van der Waals surface area contributed by atoms with Crippen molar-refractivity contribution in [2.24, 2.45) is 0 Å². The summed E-state index contributed by atoms with van der Waals surface area (Å²) in [6.45, 7) is 1.05. The SMILES string of the molecule is O=C1OC(COc2ccccc2)CN1CCO. The smallest absolute Gasteiger partial charge is 0.410 e. The predicted molar refractivity (Wildman–Crippen MR) is 60.9 cm³/mol. The highest BCUT2D eigenvalue weighted by molar-refractivity contribution is 5.69. The number of hydrogen-bond acceptors (Lipinski definition) is 4. The van der Waals surface area contributed by atoms with E-state index in [9.17, 15) is 4.79 Å². The zero-order valence-electron chi connectivity index (χ0n) is 9.41. The Morgan fingerprint density at radius 3 is 2.88 bits per heavy atom. The lowest BCUT2D eigenvalue weighted by Crippen LogP contribution is -2.29. The summed E-state index contributed by atoms with van der Waals surface area (Å²) in [6, 6.07) is 9.37. The molecular weight excluding hydrogens is 222 g/mol. The molecule has 2 rings (SSSR count). The van der Waals surface area contributed by atoms with Crippen LogP contribution in [0.1, 0.15) is 0 Å². The van der Waals surface area contributed by atoms with Crippen molar-refractivity contribution in [2.75, 3.05) is 26.3 Å². The van der Waals surface area contributed by atoms with E-state index in [1.807, 2.05) is 30.3 Å². The van der Waals surface area contributed by atoms with E-state index in [-0.39, 0.29) is 18.8 Å². The number of carbonyl (C=O) groups is 1. The first-order chi connectivity index (χ1) is 8.29. The fraction of sp³-hybridized carbons (Fsp3) is 0.417. The first-order valence-electron chi connectivity index (χ1n) is 5.54. The molecule has 0 radical (unpaired) electrons. The van der Waals surface area contributed by atoms with Gasteiger partial charge in [-0.2, -0.15) is 0 Å². The first kappa shape index (κ1) is 11.7. The van der Waals surface area contributed by atoms with E-state index in [4.69, 9.17) is 14.6 Å². The van der Waals surface area contributed by atoms with E-state index in [1.54, 1.807) is 0 Å². The second kappa shape index (κ2) is 5.54. The number of aliphatic hydroxyl groups excluding tert-OH is 1. The minimum atomic E-state index is -0.388. The average Bonchev–Trinajstić information content (AvgIpc) is 2.70. The third-order valence-corrected chi connectivity index (χ3v) is 2.50. The summed E-state index contributed by atoms with van der Waals surface area (Å²) >= 11 is 0. The third kappa shape index (κ3) is 3.10. The summed E-state index contributed by atoms with van der Waals surface area (Å²) in [5, 5.41) is 8.76. The Hall–Kier alpha value is -1.75. The van der Waals surface area contributed by atoms with Crippen molar-refractivity contribution >= 4 is 6.09 Å². The van der Waals surface area contributed by atoms with Crippen LogP contribution in [0.25, 0.3) is 0 Å². The minimum Gasteiger partial charge on any atom is -0.490 e. The second-order valence-electron chi connectivity index (χ2n) is 3.80. The molecule has 1 amide bonds. The number of ether oxygens (including phenoxy) is 2. The molecule has 1 saturated heterocycles. The Bertz CT molecular complexity index is 368. The maximum Gasteiger partial charge on any atom is 0.410 e. The standard InChI is InChI=1S/C12H15NO4/c14-7-6-13-8-11(17-12(13)15)9-16-10-4-2-1-3-5-10/h1-5,11,14H,6-9H2. The van der Waals surface area contributed by atoms with E-state index < -0.39 is 0 Å². The largest absolute Gasteiger partial charge is 0.490 e. The minimum absolute atomic E-state index is 0.0542. The van der Waals surface area contributed by atoms with Crippen molar-refractivity contribution < 1.29 is 19.4 Å². The van der Waals surface area contributed by atoms with E-state index in [1.165, 1.54) is 4.90 Å². The summed E-state index contributed by atoms with van der Waals surface area (Å²) in [6.07, 6.45) is -0.657. The summed E-state index contributed by atoms with van der Waals surface area (Å²) in [4.78, 5) is 12.8. The molecule has 0 aromatic heterocycles. The van der Waals surface area contributed by atoms with Crippen LogP contribution in [0.5, 0.6) is 5.75 Å². The summed E-state index contributed by atoms with van der Waals surface area (Å²) in [5.74, 6) is 0.754. The molecule has 1 aliphatic rings. The molecule has 1 heterocycles. The van der Waals surface area contributed by atoms with Crippen LogP contribution in [-0.4, -0.2) is 48.5 Å². The van der Waals surface area contributed by atoms with Crippen LogP contribution in [0, 0.1) is 0 Å². The number of para-hydroxylation sites is 1. The Balaban J connectivity index is 1.80. The fourth-order valence-electron chi connectivity index (χ4n) is 1.67. The normalized spacial score (nSPS) is 19.2. The zero-order valence-corrected chi connectivity index (χ0v) is 9.41. The number of β-amino-alcohol motifs (C(OH)–C–C–N with tert-alkyl or cyclic N) is 1. The van der Waals surface area contributed by atoms with Gasteiger partial charge in [-0.25, -0.2) is 4.79 Å². The van der Waals surface area contributed by atoms with Gasteiger partial charge in [-0.05, 0) is 12.1 Å². The molecule has 1 aromatic rings. The molecule has 1 aromatic carbocycles. The van der Waals surface area contributed by atoms with Gasteiger partial charge in [-0.15, -0.1) is 0 Å². The molecule has 1 unspecified atom stereocenters. The van der Waals surface area contributed by atoms with Gasteiger partial charge in [0.15, 0.2) is 6.10 Å². The quantitative estimate of drug-likeness (QED) is 0.825. The summed E-state index contributed by atoms with van der Waals surface area (Å²) in [5.41, 5.74) is 0. The van der Waals surface area contributed by atoms with Crippen LogP contribution in [0.15, 0.2) is 30.3 Å². The van der Waals surface area contributed by atoms with Crippen LogP contribution < -0.4 is 4.74 Å². The number of aliphatic hydroxyl groups is 1. The van der Waals surface area contributed by atoms with Gasteiger partial charge >= 0.3 is 6.09 Å². The van der Waals surface area contributed by atoms with Gasteiger partial charge in [0.25, 0.3) is 0 Å². The van der Waals surface area contributed by atoms with Gasteiger partial charge < -0.3 is 19.5 Å². The third-order valence-electron chi connectivity index (χ3n) is 2.50. The van der Waals surface area contributed by atoms with Crippen molar-refractivity contribution in [2.45, 2.75) is 6.10 Å². The molecule has 0 saturated carbocycles. The molecule has 1 atom stereocenters. The molecule has 1 aliphatic heterocycles. The second-order valence-corrected chi connectivity index (χ2v) is 3.80. The van der Waals surface area contributed by atoms with Crippen molar-refractivity contribution in [3.05, 3.63) is 30.3 Å². The van der Waals surface area contributed by atoms with E-state index in [0.29, 0.717) is 19.7 Å². The molecule has 1 fully saturated rings. The Morgan fingerprint density at radius 1 is 1.41 bits per heavy atom. The topological polar surface area (TPSA) is 59.0 Å². The number of carbonyl (C=O) groups excluding carboxylic acids is 1. The summed E-state index contributed by atoms with van der Waals surface area (Å²) < 4.78 is 10.6. The van der Waals surface area contributed by atoms with Crippen molar-refractivity contribution in [1.29, 1.82) is 0 Å². The number of benzene rings is 1. The van der Waals surface area contributed by atoms with Gasteiger partial charge in [0, 0.05) is 6.54 Å². The van der Waals surface area contributed by atoms with Gasteiger partial charge in [0.2, 0.25) is 0 Å². The highest BCUT2D eigenvalue weighted by atomic mass is 16.6. The van der Waals surface area contributed by atoms with Crippen LogP contribution in [0.3, 0.4) is 0 Å². The number of nitrogens with zero attached hydrogens (tertiary/aromatic N) is 1. The lowest BCUT2D eigenvalue weighted by molar-refractivity contribution is 0.102. The van der Waals surface area contributed by atoms with Gasteiger partial charge in [-0.1, -0.05) is 18.2 Å². The molecule has 5 heteroatoms. The van der Waals surface area contributed by atoms with E-state index in [0.717, 1.165) is 5.75 Å². The van der Waals surface area contributed by atoms with Crippen LogP contribution in [0.4, 0.5) is 4.79 Å². The van der Waals surface area contributed by atoms with Crippen LogP contribution in [-0.2, 0) is 4.74 Å². The van der Waals surface area contributed by atoms with E-state index in [2.05, 4.69) is 0 Å². The van der Waals surface area contributed by atoms with Crippen LogP contribution >= 0.6 is 0 Å². The Kier molecular flexibility index (Phi) is 3.82. The van der Waals surface area contributed by atoms with Crippen LogP contribution in [0.2, 0.25) is 0 Å². The number of rotatable bonds is 5. The average molecular weight is 237 g/mol. The maximum absolute atomic E-state index is 11.3. The molecule has 1 N–H and O–H groups in total. The number of amides is 1. The molecule has 5 nitrogen and oxygen atoms in total. The van der Waals surface area contributed by atoms with Crippen molar-refractivity contribution in [1.82, 2.24) is 4.90 Å². The van der Waals surface area contributed by atoms with Gasteiger partial charge in [0.1, 0.15) is 12.4 Å². The zero-order chi connectivity index (χ0) is 12.1. The first-order valence-corrected chi connectivity index (χ1v) is 5.54. The Morgan fingerprint density at radius 2 is 2.18 bits per heavy atom. The Labute approximate surface area is 99.6 Å². The van der Waals surface area contributed by atoms with Gasteiger partial charge in [-0.3, -0.25) is 0 Å². The number of cyclic esters (lactones) is 1. The van der Waals surface area contributed by atoms with Crippen molar-refractivity contribution in [3.8, 4) is 5.75 Å². The monoisotopic (exact) mass is 237 g/mol. The molecular formula is C12H15NO4. The lowest BCUT2D eigenvalue weighted by Gasteiger charge is -2.11. The van der Waals surface area contributed by atoms with Crippen molar-refractivity contribution in [3.63, 3.8) is 0 Å². The lowest BCUT2D eigenvalue weighted by atomic mass is 10.3. The highest BCUT2D eigenvalue weighted by Gasteiger charge is 2.31. The predicted octanol–water partition coefficient (Wildman–Crippen LogP) is 0.878. The summed E-state index contributed by atoms with van der Waals surface area (Å²) in [7, 11) is 0. The highest BCUT2D eigenvalue weighted by Crippen LogP contribution is 2.14. The maximum atomic E-state index is 11.3. The molecule has 17 heavy (non-hydrogen) atoms.